The molecule has 0 aliphatic heterocycles. The van der Waals surface area contributed by atoms with E-state index in [1.807, 2.05) is 12.1 Å². The average Bonchev–Trinajstić information content (AvgIpc) is 2.48. The Morgan fingerprint density at radius 1 is 1.25 bits per heavy atom. The summed E-state index contributed by atoms with van der Waals surface area (Å²) in [4.78, 5) is 2.36. The number of ether oxygens (including phenoxy) is 1. The molecule has 2 N–H and O–H groups in total. The van der Waals surface area contributed by atoms with Gasteiger partial charge in [0.25, 0.3) is 0 Å². The Hall–Kier alpha value is -1.06. The summed E-state index contributed by atoms with van der Waals surface area (Å²) >= 11 is 0. The molecular weight excluding hydrogens is 248 g/mol. The third-order valence-electron chi connectivity index (χ3n) is 4.89. The smallest absolute Gasteiger partial charge is 0.119 e. The van der Waals surface area contributed by atoms with Gasteiger partial charge in [-0.15, -0.1) is 0 Å². The Kier molecular flexibility index (Phi) is 5.06. The lowest BCUT2D eigenvalue weighted by molar-refractivity contribution is 0.0716. The molecule has 3 heteroatoms. The minimum Gasteiger partial charge on any atom is -0.497 e. The fourth-order valence-corrected chi connectivity index (χ4v) is 3.56. The lowest BCUT2D eigenvalue weighted by atomic mass is 9.74. The van der Waals surface area contributed by atoms with Gasteiger partial charge in [0.15, 0.2) is 0 Å². The Morgan fingerprint density at radius 3 is 2.55 bits per heavy atom. The van der Waals surface area contributed by atoms with Crippen molar-refractivity contribution in [2.75, 3.05) is 21.2 Å². The minimum absolute atomic E-state index is 0.154. The van der Waals surface area contributed by atoms with E-state index in [1.165, 1.54) is 37.7 Å². The van der Waals surface area contributed by atoms with Gasteiger partial charge in [0, 0.05) is 11.6 Å². The third kappa shape index (κ3) is 3.15. The first-order chi connectivity index (χ1) is 9.58. The number of benzene rings is 1. The maximum Gasteiger partial charge on any atom is 0.119 e. The van der Waals surface area contributed by atoms with Crippen LogP contribution in [-0.4, -0.2) is 37.7 Å². The largest absolute Gasteiger partial charge is 0.497 e. The van der Waals surface area contributed by atoms with E-state index in [1.54, 1.807) is 7.11 Å². The summed E-state index contributed by atoms with van der Waals surface area (Å²) < 4.78 is 5.30. The standard InChI is InChI=1S/C17H28N2O/c1-19(2)17(10-5-4-6-11-17)16(18)13-14-8-7-9-15(12-14)20-3/h7-9,12,16H,4-6,10-11,13,18H2,1-3H3. The quantitative estimate of drug-likeness (QED) is 0.898. The molecule has 1 aliphatic rings. The zero-order valence-electron chi connectivity index (χ0n) is 13.1. The second-order valence-corrected chi connectivity index (χ2v) is 6.22. The van der Waals surface area contributed by atoms with Crippen molar-refractivity contribution in [3.8, 4) is 5.75 Å². The Labute approximate surface area is 123 Å². The van der Waals surface area contributed by atoms with Gasteiger partial charge in [-0.1, -0.05) is 31.4 Å². The molecule has 1 fully saturated rings. The molecule has 1 aromatic carbocycles. The number of hydrogen-bond acceptors (Lipinski definition) is 3. The van der Waals surface area contributed by atoms with Crippen LogP contribution >= 0.6 is 0 Å². The molecule has 1 aliphatic carbocycles. The lowest BCUT2D eigenvalue weighted by Gasteiger charge is -2.47. The lowest BCUT2D eigenvalue weighted by Crippen LogP contribution is -2.59. The highest BCUT2D eigenvalue weighted by molar-refractivity contribution is 5.29. The molecule has 3 nitrogen and oxygen atoms in total. The molecule has 20 heavy (non-hydrogen) atoms. The van der Waals surface area contributed by atoms with Gasteiger partial charge in [0.2, 0.25) is 0 Å². The molecule has 2 rings (SSSR count). The van der Waals surface area contributed by atoms with Crippen molar-refractivity contribution in [1.82, 2.24) is 4.90 Å². The molecule has 1 atom stereocenters. The summed E-state index contributed by atoms with van der Waals surface area (Å²) in [6, 6.07) is 8.45. The van der Waals surface area contributed by atoms with Crippen molar-refractivity contribution < 1.29 is 4.74 Å². The van der Waals surface area contributed by atoms with Gasteiger partial charge >= 0.3 is 0 Å². The topological polar surface area (TPSA) is 38.5 Å². The van der Waals surface area contributed by atoms with Crippen LogP contribution in [0.15, 0.2) is 24.3 Å². The molecule has 1 saturated carbocycles. The molecule has 1 aromatic rings. The van der Waals surface area contributed by atoms with Crippen LogP contribution in [-0.2, 0) is 6.42 Å². The Balaban J connectivity index is 2.13. The van der Waals surface area contributed by atoms with E-state index in [-0.39, 0.29) is 11.6 Å². The molecule has 1 unspecified atom stereocenters. The maximum atomic E-state index is 6.63. The second-order valence-electron chi connectivity index (χ2n) is 6.22. The van der Waals surface area contributed by atoms with Gasteiger partial charge in [-0.05, 0) is 51.1 Å². The highest BCUT2D eigenvalue weighted by atomic mass is 16.5. The number of hydrogen-bond donors (Lipinski definition) is 1. The molecule has 112 valence electrons. The fraction of sp³-hybridized carbons (Fsp3) is 0.647. The number of rotatable bonds is 5. The van der Waals surface area contributed by atoms with Crippen LogP contribution in [0.4, 0.5) is 0 Å². The van der Waals surface area contributed by atoms with Crippen molar-refractivity contribution in [3.05, 3.63) is 29.8 Å². The number of methoxy groups -OCH3 is 1. The summed E-state index contributed by atoms with van der Waals surface area (Å²) in [5.41, 5.74) is 8.05. The SMILES string of the molecule is COc1cccc(CC(N)C2(N(C)C)CCCCC2)c1. The summed E-state index contributed by atoms with van der Waals surface area (Å²) in [5.74, 6) is 0.914. The first-order valence-electron chi connectivity index (χ1n) is 7.64. The maximum absolute atomic E-state index is 6.63. The first-order valence-corrected chi connectivity index (χ1v) is 7.64. The fourth-order valence-electron chi connectivity index (χ4n) is 3.56. The highest BCUT2D eigenvalue weighted by Gasteiger charge is 2.39. The van der Waals surface area contributed by atoms with Crippen LogP contribution in [0, 0.1) is 0 Å². The predicted octanol–water partition coefficient (Wildman–Crippen LogP) is 2.83. The van der Waals surface area contributed by atoms with Gasteiger partial charge < -0.3 is 15.4 Å². The van der Waals surface area contributed by atoms with E-state index in [4.69, 9.17) is 10.5 Å². The van der Waals surface area contributed by atoms with Gasteiger partial charge in [-0.25, -0.2) is 0 Å². The third-order valence-corrected chi connectivity index (χ3v) is 4.89. The van der Waals surface area contributed by atoms with Crippen LogP contribution in [0.2, 0.25) is 0 Å². The zero-order chi connectivity index (χ0) is 14.6. The average molecular weight is 276 g/mol. The van der Waals surface area contributed by atoms with E-state index < -0.39 is 0 Å². The summed E-state index contributed by atoms with van der Waals surface area (Å²) in [6.45, 7) is 0. The zero-order valence-corrected chi connectivity index (χ0v) is 13.1. The Bertz CT molecular complexity index is 425. The van der Waals surface area contributed by atoms with E-state index in [9.17, 15) is 0 Å². The van der Waals surface area contributed by atoms with Gasteiger partial charge in [0.05, 0.1) is 7.11 Å². The molecule has 0 saturated heterocycles. The van der Waals surface area contributed by atoms with E-state index in [0.29, 0.717) is 0 Å². The summed E-state index contributed by atoms with van der Waals surface area (Å²) in [5, 5.41) is 0. The monoisotopic (exact) mass is 276 g/mol. The van der Waals surface area contributed by atoms with Crippen LogP contribution < -0.4 is 10.5 Å². The van der Waals surface area contributed by atoms with E-state index >= 15 is 0 Å². The molecular formula is C17H28N2O. The van der Waals surface area contributed by atoms with Crippen molar-refractivity contribution in [3.63, 3.8) is 0 Å². The normalized spacial score (nSPS) is 19.9. The van der Waals surface area contributed by atoms with Crippen molar-refractivity contribution >= 4 is 0 Å². The van der Waals surface area contributed by atoms with Crippen molar-refractivity contribution in [2.24, 2.45) is 5.73 Å². The molecule has 0 spiro atoms. The molecule has 0 bridgehead atoms. The molecule has 0 aromatic heterocycles. The second kappa shape index (κ2) is 6.59. The Morgan fingerprint density at radius 2 is 1.95 bits per heavy atom. The van der Waals surface area contributed by atoms with Gasteiger partial charge in [-0.2, -0.15) is 0 Å². The van der Waals surface area contributed by atoms with Crippen LogP contribution in [0.3, 0.4) is 0 Å². The molecule has 0 amide bonds. The number of nitrogens with two attached hydrogens (primary N) is 1. The predicted molar refractivity (Wildman–Crippen MR) is 84.2 cm³/mol. The van der Waals surface area contributed by atoms with Crippen LogP contribution in [0.25, 0.3) is 0 Å². The van der Waals surface area contributed by atoms with Crippen molar-refractivity contribution in [2.45, 2.75) is 50.1 Å². The first kappa shape index (κ1) is 15.3. The van der Waals surface area contributed by atoms with Crippen molar-refractivity contribution in [1.29, 1.82) is 0 Å². The number of nitrogens with zero attached hydrogens (tertiary/aromatic N) is 1. The van der Waals surface area contributed by atoms with E-state index in [2.05, 4.69) is 31.1 Å². The minimum atomic E-state index is 0.154. The van der Waals surface area contributed by atoms with Gasteiger partial charge in [-0.3, -0.25) is 0 Å². The molecule has 0 heterocycles. The number of likely N-dealkylation sites (N-methyl/N-ethyl adjacent to an activating group) is 1. The van der Waals surface area contributed by atoms with Crippen LogP contribution in [0.5, 0.6) is 5.75 Å². The summed E-state index contributed by atoms with van der Waals surface area (Å²) in [7, 11) is 6.06. The van der Waals surface area contributed by atoms with E-state index in [0.717, 1.165) is 12.2 Å². The highest BCUT2D eigenvalue weighted by Crippen LogP contribution is 2.35. The molecule has 0 radical (unpaired) electrons. The van der Waals surface area contributed by atoms with Crippen LogP contribution in [0.1, 0.15) is 37.7 Å². The van der Waals surface area contributed by atoms with Gasteiger partial charge in [0.1, 0.15) is 5.75 Å². The summed E-state index contributed by atoms with van der Waals surface area (Å²) in [6.07, 6.45) is 7.28.